The lowest BCUT2D eigenvalue weighted by molar-refractivity contribution is 0.0940. The molecule has 0 saturated carbocycles. The third kappa shape index (κ3) is 3.55. The lowest BCUT2D eigenvalue weighted by atomic mass is 10.0. The molecule has 6 heteroatoms. The first kappa shape index (κ1) is 18.4. The molecule has 3 aromatic rings. The lowest BCUT2D eigenvalue weighted by Crippen LogP contribution is -2.24. The molecule has 1 aliphatic heterocycles. The number of nitrogens with zero attached hydrogens (tertiary/aromatic N) is 3. The van der Waals surface area contributed by atoms with Gasteiger partial charge < -0.3 is 10.6 Å². The summed E-state index contributed by atoms with van der Waals surface area (Å²) >= 11 is 0. The second kappa shape index (κ2) is 7.56. The quantitative estimate of drug-likeness (QED) is 0.718. The minimum absolute atomic E-state index is 0.193. The van der Waals surface area contributed by atoms with Gasteiger partial charge in [-0.2, -0.15) is 0 Å². The first-order valence-corrected chi connectivity index (χ1v) is 9.65. The smallest absolute Gasteiger partial charge is 0.291 e. The number of amides is 1. The Hall–Kier alpha value is -2.99. The number of nitrogens with one attached hydrogen (secondary N) is 2. The molecule has 0 radical (unpaired) electrons. The van der Waals surface area contributed by atoms with Crippen molar-refractivity contribution in [2.75, 3.05) is 0 Å². The Bertz CT molecular complexity index is 1020. The van der Waals surface area contributed by atoms with Gasteiger partial charge >= 0.3 is 0 Å². The van der Waals surface area contributed by atoms with Crippen LogP contribution >= 0.6 is 0 Å². The summed E-state index contributed by atoms with van der Waals surface area (Å²) < 4.78 is 1.76. The molecular formula is C22H25N5O. The molecule has 0 aliphatic carbocycles. The highest BCUT2D eigenvalue weighted by molar-refractivity contribution is 5.90. The zero-order valence-corrected chi connectivity index (χ0v) is 16.5. The molecule has 6 nitrogen and oxygen atoms in total. The van der Waals surface area contributed by atoms with Crippen LogP contribution in [0, 0.1) is 6.92 Å². The molecule has 4 rings (SSSR count). The van der Waals surface area contributed by atoms with E-state index in [9.17, 15) is 4.79 Å². The van der Waals surface area contributed by atoms with Crippen LogP contribution in [0.5, 0.6) is 0 Å². The van der Waals surface area contributed by atoms with Crippen molar-refractivity contribution in [3.8, 4) is 5.69 Å². The molecule has 2 aromatic carbocycles. The molecule has 0 spiro atoms. The first-order valence-electron chi connectivity index (χ1n) is 9.65. The minimum Gasteiger partial charge on any atom is -0.345 e. The summed E-state index contributed by atoms with van der Waals surface area (Å²) in [6.07, 6.45) is 0. The maximum atomic E-state index is 12.6. The fraction of sp³-hybridized carbons (Fsp3) is 0.318. The van der Waals surface area contributed by atoms with E-state index < -0.39 is 0 Å². The minimum atomic E-state index is -0.262. The monoisotopic (exact) mass is 375 g/mol. The summed E-state index contributed by atoms with van der Waals surface area (Å²) in [7, 11) is 0. The Morgan fingerprint density at radius 3 is 2.79 bits per heavy atom. The number of aromatic nitrogens is 3. The van der Waals surface area contributed by atoms with Crippen LogP contribution in [0.25, 0.3) is 5.69 Å². The third-order valence-corrected chi connectivity index (χ3v) is 5.11. The maximum Gasteiger partial charge on any atom is 0.291 e. The van der Waals surface area contributed by atoms with Gasteiger partial charge in [0.15, 0.2) is 0 Å². The van der Waals surface area contributed by atoms with Gasteiger partial charge in [-0.25, -0.2) is 9.67 Å². The van der Waals surface area contributed by atoms with Crippen LogP contribution in [-0.2, 0) is 19.6 Å². The number of rotatable bonds is 5. The van der Waals surface area contributed by atoms with E-state index >= 15 is 0 Å². The zero-order chi connectivity index (χ0) is 19.7. The second-order valence-electron chi connectivity index (χ2n) is 7.50. The summed E-state index contributed by atoms with van der Waals surface area (Å²) in [5.74, 6) is 0.981. The molecule has 2 heterocycles. The number of fused-ring (bicyclic) bond motifs is 1. The van der Waals surface area contributed by atoms with Gasteiger partial charge in [0.25, 0.3) is 5.91 Å². The van der Waals surface area contributed by atoms with Crippen molar-refractivity contribution in [3.05, 3.63) is 76.4 Å². The first-order chi connectivity index (χ1) is 13.5. The molecule has 144 valence electrons. The predicted octanol–water partition coefficient (Wildman–Crippen LogP) is 3.23. The van der Waals surface area contributed by atoms with Crippen molar-refractivity contribution in [3.63, 3.8) is 0 Å². The van der Waals surface area contributed by atoms with Gasteiger partial charge in [0.05, 0.1) is 5.69 Å². The summed E-state index contributed by atoms with van der Waals surface area (Å²) in [6, 6.07) is 14.4. The van der Waals surface area contributed by atoms with Crippen LogP contribution in [0.15, 0.2) is 42.5 Å². The van der Waals surface area contributed by atoms with Crippen molar-refractivity contribution < 1.29 is 4.79 Å². The van der Waals surface area contributed by atoms with Crippen LogP contribution in [0.4, 0.5) is 0 Å². The summed E-state index contributed by atoms with van der Waals surface area (Å²) in [5, 5.41) is 10.7. The summed E-state index contributed by atoms with van der Waals surface area (Å²) in [4.78, 5) is 17.0. The highest BCUT2D eigenvalue weighted by Gasteiger charge is 2.18. The van der Waals surface area contributed by atoms with E-state index in [1.165, 1.54) is 16.7 Å². The molecule has 1 aromatic heterocycles. The van der Waals surface area contributed by atoms with Crippen molar-refractivity contribution in [1.29, 1.82) is 0 Å². The topological polar surface area (TPSA) is 71.8 Å². The molecular weight excluding hydrogens is 350 g/mol. The number of carbonyl (C=O) groups is 1. The van der Waals surface area contributed by atoms with Crippen LogP contribution < -0.4 is 10.6 Å². The van der Waals surface area contributed by atoms with Gasteiger partial charge in [-0.15, -0.1) is 5.10 Å². The van der Waals surface area contributed by atoms with E-state index in [1.54, 1.807) is 4.68 Å². The predicted molar refractivity (Wildman–Crippen MR) is 108 cm³/mol. The van der Waals surface area contributed by atoms with Gasteiger partial charge in [-0.3, -0.25) is 4.79 Å². The van der Waals surface area contributed by atoms with Crippen molar-refractivity contribution in [1.82, 2.24) is 25.4 Å². The van der Waals surface area contributed by atoms with Crippen LogP contribution in [0.2, 0.25) is 0 Å². The average Bonchev–Trinajstić information content (AvgIpc) is 3.32. The molecule has 0 fully saturated rings. The molecule has 0 atom stereocenters. The number of para-hydroxylation sites is 1. The Morgan fingerprint density at radius 1 is 1.18 bits per heavy atom. The molecule has 2 N–H and O–H groups in total. The standard InChI is InChI=1S/C22H25N5O/c1-14(2)19-6-4-5-7-20(19)27-15(3)25-21(26-27)22(28)24-11-16-8-9-17-12-23-13-18(17)10-16/h4-10,14,23H,11-13H2,1-3H3,(H,24,28). The van der Waals surface area contributed by atoms with Crippen LogP contribution in [0.3, 0.4) is 0 Å². The number of carbonyl (C=O) groups excluding carboxylic acids is 1. The second-order valence-corrected chi connectivity index (χ2v) is 7.50. The Labute approximate surface area is 165 Å². The summed E-state index contributed by atoms with van der Waals surface area (Å²) in [6.45, 7) is 8.42. The van der Waals surface area contributed by atoms with Crippen molar-refractivity contribution >= 4 is 5.91 Å². The van der Waals surface area contributed by atoms with Gasteiger partial charge in [-0.1, -0.05) is 50.2 Å². The molecule has 28 heavy (non-hydrogen) atoms. The number of benzene rings is 2. The third-order valence-electron chi connectivity index (χ3n) is 5.11. The Kier molecular flexibility index (Phi) is 4.96. The van der Waals surface area contributed by atoms with E-state index in [0.29, 0.717) is 18.3 Å². The highest BCUT2D eigenvalue weighted by Crippen LogP contribution is 2.23. The Morgan fingerprint density at radius 2 is 1.96 bits per heavy atom. The van der Waals surface area contributed by atoms with E-state index in [4.69, 9.17) is 0 Å². The SMILES string of the molecule is Cc1nc(C(=O)NCc2ccc3c(c2)CNC3)nn1-c1ccccc1C(C)C. The summed E-state index contributed by atoms with van der Waals surface area (Å²) in [5.41, 5.74) is 5.85. The highest BCUT2D eigenvalue weighted by atomic mass is 16.2. The largest absolute Gasteiger partial charge is 0.345 e. The van der Waals surface area contributed by atoms with Gasteiger partial charge in [0.1, 0.15) is 5.82 Å². The van der Waals surface area contributed by atoms with E-state index in [2.05, 4.69) is 58.8 Å². The van der Waals surface area contributed by atoms with E-state index in [1.807, 2.05) is 25.1 Å². The molecule has 0 unspecified atom stereocenters. The van der Waals surface area contributed by atoms with Crippen molar-refractivity contribution in [2.24, 2.45) is 0 Å². The maximum absolute atomic E-state index is 12.6. The Balaban J connectivity index is 1.51. The lowest BCUT2D eigenvalue weighted by Gasteiger charge is -2.12. The van der Waals surface area contributed by atoms with Gasteiger partial charge in [0.2, 0.25) is 5.82 Å². The van der Waals surface area contributed by atoms with E-state index in [0.717, 1.165) is 24.3 Å². The van der Waals surface area contributed by atoms with Crippen LogP contribution in [-0.4, -0.2) is 20.7 Å². The molecule has 1 aliphatic rings. The van der Waals surface area contributed by atoms with Gasteiger partial charge in [-0.05, 0) is 41.2 Å². The molecule has 0 saturated heterocycles. The zero-order valence-electron chi connectivity index (χ0n) is 16.5. The number of hydrogen-bond donors (Lipinski definition) is 2. The average molecular weight is 375 g/mol. The van der Waals surface area contributed by atoms with Crippen molar-refractivity contribution in [2.45, 2.75) is 46.3 Å². The van der Waals surface area contributed by atoms with Crippen LogP contribution in [0.1, 0.15) is 58.5 Å². The normalized spacial score (nSPS) is 13.0. The van der Waals surface area contributed by atoms with Gasteiger partial charge in [0, 0.05) is 19.6 Å². The fourth-order valence-corrected chi connectivity index (χ4v) is 3.60. The van der Waals surface area contributed by atoms with E-state index in [-0.39, 0.29) is 11.7 Å². The molecule has 0 bridgehead atoms. The molecule has 1 amide bonds. The number of aryl methyl sites for hydroxylation is 1. The fourth-order valence-electron chi connectivity index (χ4n) is 3.60. The number of hydrogen-bond acceptors (Lipinski definition) is 4.